The molecule has 0 aliphatic carbocycles. The van der Waals surface area contributed by atoms with Gasteiger partial charge in [0.2, 0.25) is 0 Å². The third-order valence-electron chi connectivity index (χ3n) is 4.30. The van der Waals surface area contributed by atoms with E-state index in [4.69, 9.17) is 10.5 Å². The summed E-state index contributed by atoms with van der Waals surface area (Å²) in [6.45, 7) is 0.796. The van der Waals surface area contributed by atoms with E-state index in [2.05, 4.69) is 0 Å². The average Bonchev–Trinajstić information content (AvgIpc) is 2.72. The molecule has 2 unspecified atom stereocenters. The van der Waals surface area contributed by atoms with Crippen LogP contribution < -0.4 is 11.4 Å². The van der Waals surface area contributed by atoms with Gasteiger partial charge in [-0.05, 0) is 37.0 Å². The van der Waals surface area contributed by atoms with Crippen molar-refractivity contribution in [1.82, 2.24) is 9.13 Å². The van der Waals surface area contributed by atoms with Crippen molar-refractivity contribution in [3.8, 4) is 0 Å². The Bertz CT molecular complexity index is 680. The third-order valence-corrected chi connectivity index (χ3v) is 4.30. The minimum absolute atomic E-state index is 0.0142. The molecule has 0 amide bonds. The van der Waals surface area contributed by atoms with Gasteiger partial charge in [-0.15, -0.1) is 0 Å². The Balaban J connectivity index is 2.00. The zero-order valence-electron chi connectivity index (χ0n) is 12.0. The van der Waals surface area contributed by atoms with Crippen LogP contribution in [0.5, 0.6) is 0 Å². The first-order valence-corrected chi connectivity index (χ1v) is 7.12. The highest BCUT2D eigenvalue weighted by molar-refractivity contribution is 5.77. The van der Waals surface area contributed by atoms with Crippen molar-refractivity contribution in [3.63, 3.8) is 0 Å². The second-order valence-electron chi connectivity index (χ2n) is 5.58. The number of rotatable bonds is 2. The smallest absolute Gasteiger partial charge is 0.328 e. The quantitative estimate of drug-likeness (QED) is 0.902. The van der Waals surface area contributed by atoms with Gasteiger partial charge in [0.05, 0.1) is 23.2 Å². The van der Waals surface area contributed by atoms with E-state index in [0.717, 1.165) is 36.0 Å². The van der Waals surface area contributed by atoms with E-state index in [0.29, 0.717) is 0 Å². The van der Waals surface area contributed by atoms with Gasteiger partial charge in [0, 0.05) is 20.7 Å². The van der Waals surface area contributed by atoms with E-state index < -0.39 is 0 Å². The molecule has 2 heterocycles. The number of imidazole rings is 1. The summed E-state index contributed by atoms with van der Waals surface area (Å²) in [6, 6.07) is 5.86. The van der Waals surface area contributed by atoms with Gasteiger partial charge in [-0.2, -0.15) is 0 Å². The molecule has 1 aromatic carbocycles. The summed E-state index contributed by atoms with van der Waals surface area (Å²) < 4.78 is 9.08. The van der Waals surface area contributed by atoms with Crippen LogP contribution in [-0.2, 0) is 18.8 Å². The van der Waals surface area contributed by atoms with Gasteiger partial charge in [0.25, 0.3) is 0 Å². The van der Waals surface area contributed by atoms with E-state index in [-0.39, 0.29) is 17.8 Å². The Kier molecular flexibility index (Phi) is 3.40. The Morgan fingerprint density at radius 1 is 1.25 bits per heavy atom. The lowest BCUT2D eigenvalue weighted by atomic mass is 9.96. The largest absolute Gasteiger partial charge is 0.376 e. The van der Waals surface area contributed by atoms with Crippen molar-refractivity contribution < 1.29 is 4.74 Å². The maximum atomic E-state index is 11.9. The molecule has 0 radical (unpaired) electrons. The Labute approximate surface area is 117 Å². The highest BCUT2D eigenvalue weighted by atomic mass is 16.5. The van der Waals surface area contributed by atoms with Gasteiger partial charge in [-0.25, -0.2) is 4.79 Å². The zero-order chi connectivity index (χ0) is 14.3. The number of nitrogens with two attached hydrogens (primary N) is 1. The van der Waals surface area contributed by atoms with Gasteiger partial charge in [0.15, 0.2) is 0 Å². The second-order valence-corrected chi connectivity index (χ2v) is 5.58. The second kappa shape index (κ2) is 5.07. The number of fused-ring (bicyclic) bond motifs is 1. The number of aryl methyl sites for hydroxylation is 2. The molecule has 20 heavy (non-hydrogen) atoms. The summed E-state index contributed by atoms with van der Waals surface area (Å²) in [7, 11) is 3.57. The molecule has 1 aliphatic rings. The fourth-order valence-electron chi connectivity index (χ4n) is 2.99. The highest BCUT2D eigenvalue weighted by Crippen LogP contribution is 2.26. The van der Waals surface area contributed by atoms with Crippen LogP contribution >= 0.6 is 0 Å². The first kappa shape index (κ1) is 13.4. The first-order chi connectivity index (χ1) is 9.59. The predicted molar refractivity (Wildman–Crippen MR) is 78.7 cm³/mol. The van der Waals surface area contributed by atoms with Crippen LogP contribution in [0.15, 0.2) is 23.0 Å². The third kappa shape index (κ3) is 2.07. The molecule has 1 saturated heterocycles. The van der Waals surface area contributed by atoms with Gasteiger partial charge in [-0.1, -0.05) is 6.07 Å². The molecule has 2 aromatic rings. The van der Waals surface area contributed by atoms with Gasteiger partial charge in [0.1, 0.15) is 0 Å². The lowest BCUT2D eigenvalue weighted by Crippen LogP contribution is -2.31. The maximum Gasteiger partial charge on any atom is 0.328 e. The van der Waals surface area contributed by atoms with Crippen LogP contribution in [0, 0.1) is 0 Å². The van der Waals surface area contributed by atoms with E-state index in [9.17, 15) is 4.79 Å². The topological polar surface area (TPSA) is 62.2 Å². The Morgan fingerprint density at radius 3 is 2.70 bits per heavy atom. The molecule has 1 aromatic heterocycles. The lowest BCUT2D eigenvalue weighted by molar-refractivity contribution is 0.0000333. The monoisotopic (exact) mass is 275 g/mol. The molecule has 0 bridgehead atoms. The number of ether oxygens (including phenoxy) is 1. The van der Waals surface area contributed by atoms with Gasteiger partial charge in [-0.3, -0.25) is 9.13 Å². The minimum atomic E-state index is -0.130. The molecule has 3 rings (SSSR count). The Hall–Kier alpha value is -1.59. The van der Waals surface area contributed by atoms with E-state index in [1.807, 2.05) is 18.2 Å². The maximum absolute atomic E-state index is 11.9. The number of hydrogen-bond acceptors (Lipinski definition) is 3. The fraction of sp³-hybridized carbons (Fsp3) is 0.533. The Morgan fingerprint density at radius 2 is 2.00 bits per heavy atom. The van der Waals surface area contributed by atoms with Crippen molar-refractivity contribution in [2.24, 2.45) is 19.8 Å². The number of benzene rings is 1. The first-order valence-electron chi connectivity index (χ1n) is 7.12. The summed E-state index contributed by atoms with van der Waals surface area (Å²) in [6.07, 6.45) is 3.38. The molecule has 0 saturated carbocycles. The minimum Gasteiger partial charge on any atom is -0.376 e. The lowest BCUT2D eigenvalue weighted by Gasteiger charge is -2.28. The summed E-state index contributed by atoms with van der Waals surface area (Å²) >= 11 is 0. The molecule has 1 aliphatic heterocycles. The van der Waals surface area contributed by atoms with Crippen molar-refractivity contribution in [2.45, 2.75) is 31.4 Å². The summed E-state index contributed by atoms with van der Waals surface area (Å²) in [5.74, 6) is 0. The molecule has 2 atom stereocenters. The van der Waals surface area contributed by atoms with Gasteiger partial charge < -0.3 is 10.5 Å². The zero-order valence-corrected chi connectivity index (χ0v) is 12.0. The highest BCUT2D eigenvalue weighted by Gasteiger charge is 2.23. The van der Waals surface area contributed by atoms with E-state index in [1.54, 1.807) is 23.2 Å². The molecule has 0 spiro atoms. The van der Waals surface area contributed by atoms with Crippen LogP contribution in [0.3, 0.4) is 0 Å². The normalized spacial score (nSPS) is 21.2. The van der Waals surface area contributed by atoms with Crippen molar-refractivity contribution in [3.05, 3.63) is 34.2 Å². The van der Waals surface area contributed by atoms with Crippen LogP contribution in [0.2, 0.25) is 0 Å². The number of aromatic nitrogens is 2. The standard InChI is InChI=1S/C15H21N3O2/c1-17-11-7-6-10(9-12(11)18(2)15(17)19)14(16)13-5-3-4-8-20-13/h6-7,9,13-14H,3-5,8,16H2,1-2H3. The summed E-state index contributed by atoms with van der Waals surface area (Å²) in [5, 5.41) is 0. The fourth-order valence-corrected chi connectivity index (χ4v) is 2.99. The molecular formula is C15H21N3O2. The predicted octanol–water partition coefficient (Wildman–Crippen LogP) is 1.45. The van der Waals surface area contributed by atoms with Crippen LogP contribution in [0.25, 0.3) is 11.0 Å². The summed E-state index contributed by atoms with van der Waals surface area (Å²) in [4.78, 5) is 11.9. The molecule has 1 fully saturated rings. The SMILES string of the molecule is Cn1c(=O)n(C)c2cc(C(N)C3CCCCO3)ccc21. The molecular weight excluding hydrogens is 254 g/mol. The van der Waals surface area contributed by atoms with E-state index in [1.165, 1.54) is 6.42 Å². The average molecular weight is 275 g/mol. The van der Waals surface area contributed by atoms with Crippen molar-refractivity contribution >= 4 is 11.0 Å². The molecule has 2 N–H and O–H groups in total. The van der Waals surface area contributed by atoms with Crippen LogP contribution in [0.1, 0.15) is 30.9 Å². The van der Waals surface area contributed by atoms with Crippen molar-refractivity contribution in [1.29, 1.82) is 0 Å². The van der Waals surface area contributed by atoms with Gasteiger partial charge >= 0.3 is 5.69 Å². The van der Waals surface area contributed by atoms with Crippen LogP contribution in [-0.4, -0.2) is 21.8 Å². The van der Waals surface area contributed by atoms with Crippen molar-refractivity contribution in [2.75, 3.05) is 6.61 Å². The molecule has 108 valence electrons. The molecule has 5 heteroatoms. The molecule has 5 nitrogen and oxygen atoms in total. The number of nitrogens with zero attached hydrogens (tertiary/aromatic N) is 2. The number of hydrogen-bond donors (Lipinski definition) is 1. The summed E-state index contributed by atoms with van der Waals surface area (Å²) in [5.41, 5.74) is 9.20. The van der Waals surface area contributed by atoms with E-state index >= 15 is 0 Å². The van der Waals surface area contributed by atoms with Crippen LogP contribution in [0.4, 0.5) is 0 Å².